The normalized spacial score (nSPS) is 17.5. The minimum absolute atomic E-state index is 0.121. The number of ether oxygens (including phenoxy) is 1. The molecule has 1 aromatic rings. The standard InChI is InChI=1S/C16H20N2O4S/c1-3-23-9-8-22-15(20)13-10(2)17-16(21)18-14(13)11-4-6-12(19)7-5-11/h4-7,14,19H,3,8-9H2,1-2H3,(H2,17,18,21). The van der Waals surface area contributed by atoms with Crippen molar-refractivity contribution in [1.29, 1.82) is 0 Å². The average molecular weight is 336 g/mol. The molecule has 1 aromatic carbocycles. The molecule has 0 aliphatic carbocycles. The number of hydrogen-bond acceptors (Lipinski definition) is 5. The van der Waals surface area contributed by atoms with Gasteiger partial charge in [0.15, 0.2) is 0 Å². The number of carbonyl (C=O) groups excluding carboxylic acids is 2. The molecular formula is C16H20N2O4S. The summed E-state index contributed by atoms with van der Waals surface area (Å²) in [6.45, 7) is 4.04. The highest BCUT2D eigenvalue weighted by Crippen LogP contribution is 2.28. The summed E-state index contributed by atoms with van der Waals surface area (Å²) in [4.78, 5) is 24.1. The number of thioether (sulfide) groups is 1. The third kappa shape index (κ3) is 4.41. The van der Waals surface area contributed by atoms with Crippen molar-refractivity contribution in [2.24, 2.45) is 0 Å². The summed E-state index contributed by atoms with van der Waals surface area (Å²) >= 11 is 1.69. The topological polar surface area (TPSA) is 87.7 Å². The highest BCUT2D eigenvalue weighted by atomic mass is 32.2. The summed E-state index contributed by atoms with van der Waals surface area (Å²) < 4.78 is 5.31. The van der Waals surface area contributed by atoms with E-state index in [0.29, 0.717) is 23.4 Å². The van der Waals surface area contributed by atoms with Gasteiger partial charge in [-0.15, -0.1) is 0 Å². The lowest BCUT2D eigenvalue weighted by Crippen LogP contribution is -2.45. The zero-order valence-corrected chi connectivity index (χ0v) is 13.9. The van der Waals surface area contributed by atoms with Crippen LogP contribution in [0.2, 0.25) is 0 Å². The Balaban J connectivity index is 2.20. The van der Waals surface area contributed by atoms with Crippen molar-refractivity contribution >= 4 is 23.8 Å². The number of benzene rings is 1. The fourth-order valence-electron chi connectivity index (χ4n) is 2.30. The van der Waals surface area contributed by atoms with Crippen LogP contribution in [0.25, 0.3) is 0 Å². The Hall–Kier alpha value is -2.15. The van der Waals surface area contributed by atoms with Gasteiger partial charge in [-0.2, -0.15) is 11.8 Å². The highest BCUT2D eigenvalue weighted by Gasteiger charge is 2.32. The van der Waals surface area contributed by atoms with Gasteiger partial charge in [0.05, 0.1) is 11.6 Å². The molecule has 0 spiro atoms. The third-order valence-corrected chi connectivity index (χ3v) is 4.24. The molecule has 0 radical (unpaired) electrons. The van der Waals surface area contributed by atoms with Crippen LogP contribution >= 0.6 is 11.8 Å². The summed E-state index contributed by atoms with van der Waals surface area (Å²) in [6.07, 6.45) is 0. The van der Waals surface area contributed by atoms with Crippen molar-refractivity contribution in [1.82, 2.24) is 10.6 Å². The summed E-state index contributed by atoms with van der Waals surface area (Å²) in [5.41, 5.74) is 1.55. The molecule has 23 heavy (non-hydrogen) atoms. The van der Waals surface area contributed by atoms with Gasteiger partial charge in [0.25, 0.3) is 0 Å². The van der Waals surface area contributed by atoms with E-state index in [0.717, 1.165) is 11.5 Å². The number of carbonyl (C=O) groups is 2. The van der Waals surface area contributed by atoms with E-state index in [1.165, 1.54) is 12.1 Å². The van der Waals surface area contributed by atoms with Crippen molar-refractivity contribution in [2.75, 3.05) is 18.1 Å². The van der Waals surface area contributed by atoms with Gasteiger partial charge < -0.3 is 20.5 Å². The fraction of sp³-hybridized carbons (Fsp3) is 0.375. The second-order valence-corrected chi connectivity index (χ2v) is 6.39. The smallest absolute Gasteiger partial charge is 0.338 e. The molecular weight excluding hydrogens is 316 g/mol. The van der Waals surface area contributed by atoms with E-state index in [1.54, 1.807) is 30.8 Å². The molecule has 2 amide bonds. The van der Waals surface area contributed by atoms with Crippen LogP contribution in [0.1, 0.15) is 25.5 Å². The second-order valence-electron chi connectivity index (χ2n) is 4.99. The van der Waals surface area contributed by atoms with Gasteiger partial charge in [-0.05, 0) is 30.4 Å². The first kappa shape index (κ1) is 17.2. The number of esters is 1. The predicted octanol–water partition coefficient (Wildman–Crippen LogP) is 2.32. The maximum absolute atomic E-state index is 12.4. The molecule has 6 nitrogen and oxygen atoms in total. The van der Waals surface area contributed by atoms with Crippen LogP contribution in [0.5, 0.6) is 5.75 Å². The first-order valence-corrected chi connectivity index (χ1v) is 8.50. The molecule has 1 heterocycles. The molecule has 3 N–H and O–H groups in total. The Labute approximate surface area is 139 Å². The van der Waals surface area contributed by atoms with E-state index < -0.39 is 12.0 Å². The highest BCUT2D eigenvalue weighted by molar-refractivity contribution is 7.99. The van der Waals surface area contributed by atoms with Crippen LogP contribution in [-0.2, 0) is 9.53 Å². The average Bonchev–Trinajstić information content (AvgIpc) is 2.51. The number of amides is 2. The van der Waals surface area contributed by atoms with E-state index in [1.807, 2.05) is 6.92 Å². The number of urea groups is 1. The van der Waals surface area contributed by atoms with Crippen LogP contribution in [0.4, 0.5) is 4.79 Å². The zero-order chi connectivity index (χ0) is 16.8. The van der Waals surface area contributed by atoms with Crippen molar-refractivity contribution in [3.05, 3.63) is 41.1 Å². The van der Waals surface area contributed by atoms with Crippen LogP contribution in [0.3, 0.4) is 0 Å². The van der Waals surface area contributed by atoms with Crippen LogP contribution in [0, 0.1) is 0 Å². The van der Waals surface area contributed by atoms with Gasteiger partial charge in [0.1, 0.15) is 12.4 Å². The van der Waals surface area contributed by atoms with Gasteiger partial charge in [-0.25, -0.2) is 9.59 Å². The van der Waals surface area contributed by atoms with Crippen LogP contribution in [0.15, 0.2) is 35.5 Å². The van der Waals surface area contributed by atoms with Gasteiger partial charge in [-0.3, -0.25) is 0 Å². The van der Waals surface area contributed by atoms with Crippen LogP contribution < -0.4 is 10.6 Å². The molecule has 0 saturated carbocycles. The lowest BCUT2D eigenvalue weighted by Gasteiger charge is -2.28. The van der Waals surface area contributed by atoms with Gasteiger partial charge in [-0.1, -0.05) is 19.1 Å². The van der Waals surface area contributed by atoms with Crippen molar-refractivity contribution in [2.45, 2.75) is 19.9 Å². The lowest BCUT2D eigenvalue weighted by molar-refractivity contribution is -0.138. The minimum atomic E-state index is -0.601. The summed E-state index contributed by atoms with van der Waals surface area (Å²) in [5.74, 6) is 1.37. The molecule has 2 rings (SSSR count). The fourth-order valence-corrected chi connectivity index (χ4v) is 2.79. The first-order valence-electron chi connectivity index (χ1n) is 7.35. The molecule has 1 atom stereocenters. The number of allylic oxidation sites excluding steroid dienone is 1. The molecule has 0 bridgehead atoms. The quantitative estimate of drug-likeness (QED) is 0.548. The Morgan fingerprint density at radius 2 is 2.04 bits per heavy atom. The van der Waals surface area contributed by atoms with E-state index in [9.17, 15) is 14.7 Å². The molecule has 0 fully saturated rings. The first-order chi connectivity index (χ1) is 11.0. The summed E-state index contributed by atoms with van der Waals surface area (Å²) in [7, 11) is 0. The van der Waals surface area contributed by atoms with Crippen LogP contribution in [-0.4, -0.2) is 35.2 Å². The second kappa shape index (κ2) is 7.92. The molecule has 0 saturated heterocycles. The maximum Gasteiger partial charge on any atom is 0.338 e. The number of phenolic OH excluding ortho intramolecular Hbond substituents is 1. The Morgan fingerprint density at radius 1 is 1.35 bits per heavy atom. The SMILES string of the molecule is CCSCCOC(=O)C1=C(C)NC(=O)NC1c1ccc(O)cc1. The third-order valence-electron chi connectivity index (χ3n) is 3.38. The number of nitrogens with one attached hydrogen (secondary N) is 2. The monoisotopic (exact) mass is 336 g/mol. The largest absolute Gasteiger partial charge is 0.508 e. The number of hydrogen-bond donors (Lipinski definition) is 3. The zero-order valence-electron chi connectivity index (χ0n) is 13.1. The molecule has 7 heteroatoms. The van der Waals surface area contributed by atoms with E-state index in [2.05, 4.69) is 10.6 Å². The molecule has 1 aliphatic heterocycles. The lowest BCUT2D eigenvalue weighted by atomic mass is 9.95. The summed E-state index contributed by atoms with van der Waals surface area (Å²) in [6, 6.07) is 5.38. The van der Waals surface area contributed by atoms with Gasteiger partial charge in [0.2, 0.25) is 0 Å². The van der Waals surface area contributed by atoms with Crippen molar-refractivity contribution < 1.29 is 19.4 Å². The maximum atomic E-state index is 12.4. The molecule has 1 unspecified atom stereocenters. The number of aromatic hydroxyl groups is 1. The van der Waals surface area contributed by atoms with Gasteiger partial charge >= 0.3 is 12.0 Å². The van der Waals surface area contributed by atoms with Gasteiger partial charge in [0, 0.05) is 11.4 Å². The summed E-state index contributed by atoms with van der Waals surface area (Å²) in [5, 5.41) is 14.7. The molecule has 1 aliphatic rings. The van der Waals surface area contributed by atoms with Crippen molar-refractivity contribution in [3.8, 4) is 5.75 Å². The number of phenols is 1. The molecule has 0 aromatic heterocycles. The van der Waals surface area contributed by atoms with Crippen molar-refractivity contribution in [3.63, 3.8) is 0 Å². The Morgan fingerprint density at radius 3 is 2.70 bits per heavy atom. The van der Waals surface area contributed by atoms with E-state index in [4.69, 9.17) is 4.74 Å². The number of rotatable bonds is 6. The van der Waals surface area contributed by atoms with E-state index in [-0.39, 0.29) is 11.8 Å². The Kier molecular flexibility index (Phi) is 5.92. The predicted molar refractivity (Wildman–Crippen MR) is 89.2 cm³/mol. The molecule has 124 valence electrons. The minimum Gasteiger partial charge on any atom is -0.508 e. The Bertz CT molecular complexity index is 613. The van der Waals surface area contributed by atoms with E-state index >= 15 is 0 Å².